The van der Waals surface area contributed by atoms with E-state index in [1.165, 1.54) is 11.0 Å². The van der Waals surface area contributed by atoms with Crippen molar-refractivity contribution in [3.05, 3.63) is 35.9 Å². The van der Waals surface area contributed by atoms with Crippen LogP contribution in [0.2, 0.25) is 0 Å². The van der Waals surface area contributed by atoms with Gasteiger partial charge in [-0.2, -0.15) is 0 Å². The van der Waals surface area contributed by atoms with Gasteiger partial charge in [-0.1, -0.05) is 12.1 Å². The summed E-state index contributed by atoms with van der Waals surface area (Å²) in [5.41, 5.74) is 0.936. The van der Waals surface area contributed by atoms with E-state index in [2.05, 4.69) is 0 Å². The van der Waals surface area contributed by atoms with E-state index in [1.807, 2.05) is 38.4 Å². The van der Waals surface area contributed by atoms with E-state index < -0.39 is 0 Å². The summed E-state index contributed by atoms with van der Waals surface area (Å²) < 4.78 is 10.1. The van der Waals surface area contributed by atoms with Crippen LogP contribution < -0.4 is 9.64 Å². The molecule has 0 heterocycles. The van der Waals surface area contributed by atoms with Crippen molar-refractivity contribution in [2.45, 2.75) is 0 Å². The maximum atomic E-state index is 11.4. The lowest BCUT2D eigenvalue weighted by Crippen LogP contribution is -3.06. The van der Waals surface area contributed by atoms with Crippen molar-refractivity contribution in [2.24, 2.45) is 0 Å². The van der Waals surface area contributed by atoms with Gasteiger partial charge in [0.15, 0.2) is 0 Å². The average Bonchev–Trinajstić information content (AvgIpc) is 2.36. The summed E-state index contributed by atoms with van der Waals surface area (Å²) in [5, 5.41) is 0. The molecule has 0 aliphatic rings. The standard InChI is InChI=1S/C14H19NO3/c1-15(2)10-11-18-14(16)9-6-12-4-7-13(17-3)8-5-12/h4-9H,10-11H2,1-3H3/p+1/b9-6+. The van der Waals surface area contributed by atoms with Crippen molar-refractivity contribution in [2.75, 3.05) is 34.4 Å². The highest BCUT2D eigenvalue weighted by atomic mass is 16.5. The Hall–Kier alpha value is -1.81. The normalized spacial score (nSPS) is 10.9. The zero-order valence-corrected chi connectivity index (χ0v) is 11.1. The molecule has 0 amide bonds. The molecule has 1 aromatic rings. The molecule has 4 nitrogen and oxygen atoms in total. The Kier molecular flexibility index (Phi) is 5.94. The number of likely N-dealkylation sites (N-methyl/N-ethyl adjacent to an activating group) is 1. The van der Waals surface area contributed by atoms with Gasteiger partial charge in [0.25, 0.3) is 0 Å². The van der Waals surface area contributed by atoms with Gasteiger partial charge in [-0.15, -0.1) is 0 Å². The largest absolute Gasteiger partial charge is 0.497 e. The summed E-state index contributed by atoms with van der Waals surface area (Å²) in [4.78, 5) is 12.6. The lowest BCUT2D eigenvalue weighted by atomic mass is 10.2. The highest BCUT2D eigenvalue weighted by molar-refractivity contribution is 5.87. The fourth-order valence-electron chi connectivity index (χ4n) is 1.28. The molecule has 1 aromatic carbocycles. The number of benzene rings is 1. The number of esters is 1. The first-order valence-electron chi connectivity index (χ1n) is 5.89. The van der Waals surface area contributed by atoms with Gasteiger partial charge >= 0.3 is 5.97 Å². The Morgan fingerprint density at radius 3 is 2.50 bits per heavy atom. The van der Waals surface area contributed by atoms with Crippen LogP contribution in [0.15, 0.2) is 30.3 Å². The van der Waals surface area contributed by atoms with Crippen LogP contribution in [-0.2, 0) is 9.53 Å². The molecule has 98 valence electrons. The summed E-state index contributed by atoms with van der Waals surface area (Å²) in [7, 11) is 5.65. The minimum Gasteiger partial charge on any atom is -0.497 e. The Labute approximate surface area is 108 Å². The fraction of sp³-hybridized carbons (Fsp3) is 0.357. The second-order valence-electron chi connectivity index (χ2n) is 4.23. The van der Waals surface area contributed by atoms with Crippen LogP contribution in [0.1, 0.15) is 5.56 Å². The number of carbonyl (C=O) groups excluding carboxylic acids is 1. The van der Waals surface area contributed by atoms with Crippen molar-refractivity contribution < 1.29 is 19.2 Å². The first-order chi connectivity index (χ1) is 8.61. The summed E-state index contributed by atoms with van der Waals surface area (Å²) in [6.07, 6.45) is 3.16. The van der Waals surface area contributed by atoms with Gasteiger partial charge in [0.2, 0.25) is 0 Å². The maximum Gasteiger partial charge on any atom is 0.330 e. The van der Waals surface area contributed by atoms with E-state index in [0.29, 0.717) is 6.61 Å². The van der Waals surface area contributed by atoms with Gasteiger partial charge < -0.3 is 14.4 Å². The van der Waals surface area contributed by atoms with Gasteiger partial charge in [-0.25, -0.2) is 4.79 Å². The minimum atomic E-state index is -0.313. The molecule has 0 unspecified atom stereocenters. The van der Waals surface area contributed by atoms with Crippen molar-refractivity contribution in [1.29, 1.82) is 0 Å². The van der Waals surface area contributed by atoms with Crippen LogP contribution in [0.3, 0.4) is 0 Å². The topological polar surface area (TPSA) is 40.0 Å². The van der Waals surface area contributed by atoms with Crippen molar-refractivity contribution in [1.82, 2.24) is 0 Å². The van der Waals surface area contributed by atoms with Gasteiger partial charge in [-0.05, 0) is 23.8 Å². The first-order valence-corrected chi connectivity index (χ1v) is 5.89. The Morgan fingerprint density at radius 2 is 1.94 bits per heavy atom. The molecule has 0 saturated heterocycles. The van der Waals surface area contributed by atoms with Gasteiger partial charge in [-0.3, -0.25) is 0 Å². The second-order valence-corrected chi connectivity index (χ2v) is 4.23. The molecular formula is C14H20NO3+. The van der Waals surface area contributed by atoms with E-state index in [4.69, 9.17) is 9.47 Å². The molecule has 0 saturated carbocycles. The number of ether oxygens (including phenoxy) is 2. The van der Waals surface area contributed by atoms with E-state index in [0.717, 1.165) is 17.9 Å². The van der Waals surface area contributed by atoms with Gasteiger partial charge in [0.05, 0.1) is 21.2 Å². The van der Waals surface area contributed by atoms with Crippen LogP contribution in [0.4, 0.5) is 0 Å². The molecule has 0 atom stereocenters. The summed E-state index contributed by atoms with van der Waals surface area (Å²) in [6, 6.07) is 7.46. The summed E-state index contributed by atoms with van der Waals surface area (Å²) >= 11 is 0. The zero-order valence-electron chi connectivity index (χ0n) is 11.1. The molecule has 4 heteroatoms. The van der Waals surface area contributed by atoms with Crippen LogP contribution >= 0.6 is 0 Å². The highest BCUT2D eigenvalue weighted by Crippen LogP contribution is 2.12. The summed E-state index contributed by atoms with van der Waals surface area (Å²) in [5.74, 6) is 0.482. The SMILES string of the molecule is COc1ccc(/C=C/C(=O)OCC[NH+](C)C)cc1. The highest BCUT2D eigenvalue weighted by Gasteiger charge is 1.99. The number of methoxy groups -OCH3 is 1. The van der Waals surface area contributed by atoms with E-state index >= 15 is 0 Å². The Morgan fingerprint density at radius 1 is 1.28 bits per heavy atom. The monoisotopic (exact) mass is 250 g/mol. The van der Waals surface area contributed by atoms with E-state index in [9.17, 15) is 4.79 Å². The Balaban J connectivity index is 2.40. The summed E-state index contributed by atoms with van der Waals surface area (Å²) in [6.45, 7) is 1.25. The third kappa shape index (κ3) is 5.50. The van der Waals surface area contributed by atoms with E-state index in [1.54, 1.807) is 13.2 Å². The maximum absolute atomic E-state index is 11.4. The molecule has 0 fully saturated rings. The number of quaternary nitrogens is 1. The third-order valence-electron chi connectivity index (χ3n) is 2.37. The quantitative estimate of drug-likeness (QED) is 0.587. The van der Waals surface area contributed by atoms with Crippen molar-refractivity contribution >= 4 is 12.0 Å². The van der Waals surface area contributed by atoms with Crippen LogP contribution in [-0.4, -0.2) is 40.3 Å². The fourth-order valence-corrected chi connectivity index (χ4v) is 1.28. The number of nitrogens with one attached hydrogen (secondary N) is 1. The molecule has 0 aliphatic heterocycles. The molecule has 0 spiro atoms. The minimum absolute atomic E-state index is 0.313. The molecule has 18 heavy (non-hydrogen) atoms. The lowest BCUT2D eigenvalue weighted by molar-refractivity contribution is -0.858. The second kappa shape index (κ2) is 7.50. The van der Waals surface area contributed by atoms with Gasteiger partial charge in [0, 0.05) is 6.08 Å². The number of hydrogen-bond donors (Lipinski definition) is 1. The van der Waals surface area contributed by atoms with Crippen molar-refractivity contribution in [3.8, 4) is 5.75 Å². The average molecular weight is 250 g/mol. The number of hydrogen-bond acceptors (Lipinski definition) is 3. The molecule has 1 N–H and O–H groups in total. The smallest absolute Gasteiger partial charge is 0.330 e. The molecular weight excluding hydrogens is 230 g/mol. The number of carbonyl (C=O) groups is 1. The predicted octanol–water partition coefficient (Wildman–Crippen LogP) is 0.396. The predicted molar refractivity (Wildman–Crippen MR) is 70.7 cm³/mol. The molecule has 0 radical (unpaired) electrons. The van der Waals surface area contributed by atoms with Crippen LogP contribution in [0, 0.1) is 0 Å². The lowest BCUT2D eigenvalue weighted by Gasteiger charge is -2.06. The molecule has 0 aromatic heterocycles. The third-order valence-corrected chi connectivity index (χ3v) is 2.37. The molecule has 1 rings (SSSR count). The zero-order chi connectivity index (χ0) is 13.4. The number of rotatable bonds is 6. The van der Waals surface area contributed by atoms with Crippen molar-refractivity contribution in [3.63, 3.8) is 0 Å². The molecule has 0 aliphatic carbocycles. The first kappa shape index (κ1) is 14.3. The van der Waals surface area contributed by atoms with Gasteiger partial charge in [0.1, 0.15) is 18.9 Å². The van der Waals surface area contributed by atoms with Crippen LogP contribution in [0.25, 0.3) is 6.08 Å². The van der Waals surface area contributed by atoms with Crippen LogP contribution in [0.5, 0.6) is 5.75 Å². The van der Waals surface area contributed by atoms with E-state index in [-0.39, 0.29) is 5.97 Å². The molecule has 0 bridgehead atoms. The Bertz CT molecular complexity index is 396.